The molecule has 0 saturated carbocycles. The fraction of sp³-hybridized carbons (Fsp3) is 0. The highest BCUT2D eigenvalue weighted by atomic mass is 33.1. The van der Waals surface area contributed by atoms with Crippen LogP contribution in [0.25, 0.3) is 0 Å². The average molecular weight is 218 g/mol. The van der Waals surface area contributed by atoms with E-state index in [0.717, 1.165) is 6.07 Å². The average Bonchev–Trinajstić information content (AvgIpc) is 2.24. The quantitative estimate of drug-likeness (QED) is 0.618. The predicted octanol–water partition coefficient (Wildman–Crippen LogP) is 1.40. The Morgan fingerprint density at radius 1 is 1.31 bits per heavy atom. The Bertz CT molecular complexity index is 492. The third-order valence-corrected chi connectivity index (χ3v) is 4.74. The molecule has 0 unspecified atom stereocenters. The van der Waals surface area contributed by atoms with Crippen molar-refractivity contribution in [1.29, 1.82) is 0 Å². The minimum absolute atomic E-state index is 0.159. The maximum atomic E-state index is 13.0. The molecule has 0 bridgehead atoms. The van der Waals surface area contributed by atoms with E-state index < -0.39 is 19.8 Å². The SMILES string of the molecule is O=C1SS(=O)(=O)c2cccc(F)c21. The summed E-state index contributed by atoms with van der Waals surface area (Å²) in [6.07, 6.45) is 0. The Morgan fingerprint density at radius 2 is 2.00 bits per heavy atom. The minimum atomic E-state index is -3.65. The van der Waals surface area contributed by atoms with E-state index in [-0.39, 0.29) is 21.3 Å². The summed E-state index contributed by atoms with van der Waals surface area (Å²) in [5, 5.41) is -0.742. The summed E-state index contributed by atoms with van der Waals surface area (Å²) in [4.78, 5) is 10.8. The fourth-order valence-electron chi connectivity index (χ4n) is 1.10. The van der Waals surface area contributed by atoms with Gasteiger partial charge in [0.25, 0.3) is 0 Å². The molecule has 1 aromatic carbocycles. The number of fused-ring (bicyclic) bond motifs is 1. The number of hydrogen-bond acceptors (Lipinski definition) is 4. The second-order valence-corrected chi connectivity index (χ2v) is 6.14. The Labute approximate surface area is 77.3 Å². The highest BCUT2D eigenvalue weighted by molar-refractivity contribution is 8.78. The number of carbonyl (C=O) groups is 1. The maximum Gasteiger partial charge on any atom is 0.239 e. The van der Waals surface area contributed by atoms with Crippen LogP contribution in [0.15, 0.2) is 23.1 Å². The first kappa shape index (κ1) is 8.71. The summed E-state index contributed by atoms with van der Waals surface area (Å²) < 4.78 is 35.4. The van der Waals surface area contributed by atoms with Crippen molar-refractivity contribution in [3.63, 3.8) is 0 Å². The lowest BCUT2D eigenvalue weighted by Crippen LogP contribution is -1.94. The largest absolute Gasteiger partial charge is 0.280 e. The van der Waals surface area contributed by atoms with Crippen molar-refractivity contribution < 1.29 is 17.6 Å². The van der Waals surface area contributed by atoms with Crippen molar-refractivity contribution in [1.82, 2.24) is 0 Å². The summed E-state index contributed by atoms with van der Waals surface area (Å²) in [6.45, 7) is 0. The first-order valence-electron chi connectivity index (χ1n) is 3.30. The van der Waals surface area contributed by atoms with Crippen molar-refractivity contribution in [2.45, 2.75) is 4.90 Å². The summed E-state index contributed by atoms with van der Waals surface area (Å²) in [6, 6.07) is 3.56. The fourth-order valence-corrected chi connectivity index (χ4v) is 3.96. The smallest absolute Gasteiger partial charge is 0.239 e. The molecule has 0 atom stereocenters. The molecule has 0 saturated heterocycles. The van der Waals surface area contributed by atoms with Gasteiger partial charge in [0.1, 0.15) is 5.82 Å². The predicted molar refractivity (Wildman–Crippen MR) is 45.5 cm³/mol. The van der Waals surface area contributed by atoms with Gasteiger partial charge in [0, 0.05) is 0 Å². The van der Waals surface area contributed by atoms with Crippen LogP contribution in [-0.4, -0.2) is 13.5 Å². The molecule has 0 fully saturated rings. The lowest BCUT2D eigenvalue weighted by molar-refractivity contribution is 0.108. The van der Waals surface area contributed by atoms with Crippen LogP contribution >= 0.6 is 10.8 Å². The first-order chi connectivity index (χ1) is 6.02. The summed E-state index contributed by atoms with van der Waals surface area (Å²) in [7, 11) is -3.49. The molecule has 6 heteroatoms. The van der Waals surface area contributed by atoms with Crippen LogP contribution in [0, 0.1) is 5.82 Å². The minimum Gasteiger partial charge on any atom is -0.280 e. The van der Waals surface area contributed by atoms with Crippen LogP contribution in [0.1, 0.15) is 10.4 Å². The molecule has 1 heterocycles. The van der Waals surface area contributed by atoms with Crippen LogP contribution in [-0.2, 0) is 8.87 Å². The highest BCUT2D eigenvalue weighted by Gasteiger charge is 2.36. The van der Waals surface area contributed by atoms with Crippen LogP contribution in [0.5, 0.6) is 0 Å². The maximum absolute atomic E-state index is 13.0. The van der Waals surface area contributed by atoms with Gasteiger partial charge in [0.15, 0.2) is 0 Å². The van der Waals surface area contributed by atoms with Gasteiger partial charge in [-0.1, -0.05) is 6.07 Å². The van der Waals surface area contributed by atoms with E-state index in [1.54, 1.807) is 0 Å². The zero-order valence-electron chi connectivity index (χ0n) is 6.15. The number of carbonyl (C=O) groups excluding carboxylic acids is 1. The van der Waals surface area contributed by atoms with Crippen LogP contribution in [0.3, 0.4) is 0 Å². The van der Waals surface area contributed by atoms with Gasteiger partial charge in [-0.25, -0.2) is 12.8 Å². The van der Waals surface area contributed by atoms with E-state index in [1.165, 1.54) is 12.1 Å². The second kappa shape index (κ2) is 2.55. The standard InChI is InChI=1S/C7H3FO3S2/c8-4-2-1-3-5-6(4)7(9)12-13(5,10)11/h1-3H. The van der Waals surface area contributed by atoms with E-state index in [9.17, 15) is 17.6 Å². The van der Waals surface area contributed by atoms with Crippen LogP contribution in [0.2, 0.25) is 0 Å². The highest BCUT2D eigenvalue weighted by Crippen LogP contribution is 2.38. The van der Waals surface area contributed by atoms with Gasteiger partial charge < -0.3 is 0 Å². The molecule has 0 spiro atoms. The molecular weight excluding hydrogens is 215 g/mol. The Kier molecular flexibility index (Phi) is 1.71. The van der Waals surface area contributed by atoms with E-state index in [4.69, 9.17) is 0 Å². The van der Waals surface area contributed by atoms with E-state index >= 15 is 0 Å². The van der Waals surface area contributed by atoms with Gasteiger partial charge in [0.05, 0.1) is 21.3 Å². The van der Waals surface area contributed by atoms with Gasteiger partial charge in [-0.15, -0.1) is 0 Å². The molecule has 1 aromatic rings. The molecule has 0 amide bonds. The third kappa shape index (κ3) is 1.17. The summed E-state index contributed by atoms with van der Waals surface area (Å²) in [5.41, 5.74) is -0.326. The van der Waals surface area contributed by atoms with Crippen molar-refractivity contribution in [2.24, 2.45) is 0 Å². The number of hydrogen-bond donors (Lipinski definition) is 0. The van der Waals surface area contributed by atoms with E-state index in [2.05, 4.69) is 0 Å². The molecule has 2 rings (SSSR count). The monoisotopic (exact) mass is 218 g/mol. The summed E-state index contributed by atoms with van der Waals surface area (Å²) >= 11 is 0. The Morgan fingerprint density at radius 3 is 2.62 bits per heavy atom. The normalized spacial score (nSPS) is 18.7. The number of halogens is 1. The van der Waals surface area contributed by atoms with E-state index in [1.807, 2.05) is 0 Å². The molecule has 1 aliphatic heterocycles. The summed E-state index contributed by atoms with van der Waals surface area (Å²) in [5.74, 6) is -0.781. The molecule has 13 heavy (non-hydrogen) atoms. The van der Waals surface area contributed by atoms with Gasteiger partial charge in [-0.05, 0) is 12.1 Å². The molecule has 3 nitrogen and oxygen atoms in total. The van der Waals surface area contributed by atoms with Crippen molar-refractivity contribution in [3.8, 4) is 0 Å². The molecular formula is C7H3FO3S2. The molecule has 0 aliphatic carbocycles. The van der Waals surface area contributed by atoms with Crippen molar-refractivity contribution in [2.75, 3.05) is 0 Å². The van der Waals surface area contributed by atoms with Crippen LogP contribution in [0.4, 0.5) is 4.39 Å². The molecule has 0 aromatic heterocycles. The lowest BCUT2D eigenvalue weighted by atomic mass is 10.2. The molecule has 0 radical (unpaired) electrons. The van der Waals surface area contributed by atoms with Gasteiger partial charge in [-0.2, -0.15) is 0 Å². The second-order valence-electron chi connectivity index (χ2n) is 2.44. The Balaban J connectivity index is 2.87. The first-order valence-corrected chi connectivity index (χ1v) is 6.11. The van der Waals surface area contributed by atoms with Gasteiger partial charge >= 0.3 is 0 Å². The van der Waals surface area contributed by atoms with Crippen molar-refractivity contribution in [3.05, 3.63) is 29.6 Å². The van der Waals surface area contributed by atoms with Gasteiger partial charge in [0.2, 0.25) is 14.0 Å². The lowest BCUT2D eigenvalue weighted by Gasteiger charge is -1.94. The zero-order valence-corrected chi connectivity index (χ0v) is 7.78. The zero-order chi connectivity index (χ0) is 9.64. The molecule has 1 aliphatic rings. The van der Waals surface area contributed by atoms with Gasteiger partial charge in [-0.3, -0.25) is 4.79 Å². The van der Waals surface area contributed by atoms with E-state index in [0.29, 0.717) is 0 Å². The Hall–Kier alpha value is -0.880. The number of benzene rings is 1. The number of rotatable bonds is 0. The third-order valence-electron chi connectivity index (χ3n) is 1.63. The molecule has 0 N–H and O–H groups in total. The molecule has 68 valence electrons. The van der Waals surface area contributed by atoms with Crippen LogP contribution < -0.4 is 0 Å². The van der Waals surface area contributed by atoms with Crippen molar-refractivity contribution >= 4 is 24.8 Å². The topological polar surface area (TPSA) is 51.2 Å².